The van der Waals surface area contributed by atoms with Crippen LogP contribution < -0.4 is 0 Å². The molecule has 0 aromatic heterocycles. The van der Waals surface area contributed by atoms with Crippen LogP contribution in [0.4, 0.5) is 0 Å². The molecule has 0 fully saturated rings. The molecule has 10 nitrogen and oxygen atoms in total. The van der Waals surface area contributed by atoms with Crippen molar-refractivity contribution in [1.29, 1.82) is 0 Å². The van der Waals surface area contributed by atoms with Crippen molar-refractivity contribution in [3.63, 3.8) is 0 Å². The van der Waals surface area contributed by atoms with Gasteiger partial charge in [-0.1, -0.05) is 60.7 Å². The maximum absolute atomic E-state index is 8.31. The first-order valence-electron chi connectivity index (χ1n) is 7.08. The molecule has 0 radical (unpaired) electrons. The van der Waals surface area contributed by atoms with E-state index in [9.17, 15) is 0 Å². The third kappa shape index (κ3) is 14.6. The minimum absolute atomic E-state index is 1.28. The van der Waals surface area contributed by atoms with Crippen LogP contribution in [0.1, 0.15) is 0 Å². The quantitative estimate of drug-likeness (QED) is 0.258. The molecule has 2 aromatic rings. The van der Waals surface area contributed by atoms with Gasteiger partial charge in [0.2, 0.25) is 0 Å². The van der Waals surface area contributed by atoms with Gasteiger partial charge in [-0.15, -0.1) is 0 Å². The molecule has 138 valence electrons. The monoisotopic (exact) mass is 366 g/mol. The summed E-state index contributed by atoms with van der Waals surface area (Å²) >= 11 is 0. The van der Waals surface area contributed by atoms with Gasteiger partial charge in [-0.05, 0) is 11.1 Å². The van der Waals surface area contributed by atoms with Gasteiger partial charge < -0.3 is 49.3 Å². The number of benzene rings is 2. The molecule has 2 rings (SSSR count). The van der Waals surface area contributed by atoms with Crippen molar-refractivity contribution in [2.24, 2.45) is 0 Å². The van der Waals surface area contributed by atoms with E-state index in [0.29, 0.717) is 0 Å². The van der Waals surface area contributed by atoms with Crippen molar-refractivity contribution < 1.29 is 49.3 Å². The van der Waals surface area contributed by atoms with Crippen LogP contribution in [0.5, 0.6) is 0 Å². The summed E-state index contributed by atoms with van der Waals surface area (Å²) in [6.07, 6.45) is 0. The van der Waals surface area contributed by atoms with Crippen LogP contribution >= 0.6 is 0 Å². The lowest BCUT2D eigenvalue weighted by Gasteiger charge is -2.05. The highest BCUT2D eigenvalue weighted by Gasteiger charge is 2.28. The van der Waals surface area contributed by atoms with Crippen LogP contribution in [0.3, 0.4) is 0 Å². The molecule has 26 heavy (non-hydrogen) atoms. The summed E-state index contributed by atoms with van der Waals surface area (Å²) < 4.78 is 7.37. The van der Waals surface area contributed by atoms with E-state index in [0.717, 1.165) is 0 Å². The molecule has 0 spiro atoms. The SMILES string of the molecule is OB(O)O.OB(O)OB(O)OB(O)O.c1ccc(-c2ccccc2)cc1. The van der Waals surface area contributed by atoms with Gasteiger partial charge >= 0.3 is 29.3 Å². The summed E-state index contributed by atoms with van der Waals surface area (Å²) in [6.45, 7) is 0. The van der Waals surface area contributed by atoms with Gasteiger partial charge in [-0.2, -0.15) is 0 Å². The Hall–Kier alpha value is -1.70. The summed E-state index contributed by atoms with van der Waals surface area (Å²) in [6, 6.07) is 20.8. The van der Waals surface area contributed by atoms with Gasteiger partial charge in [0.15, 0.2) is 0 Å². The molecule has 0 heterocycles. The second-order valence-corrected chi connectivity index (χ2v) is 4.31. The molecule has 0 bridgehead atoms. The maximum Gasteiger partial charge on any atom is 0.631 e. The van der Waals surface area contributed by atoms with E-state index in [4.69, 9.17) is 40.2 Å². The molecule has 0 aliphatic heterocycles. The van der Waals surface area contributed by atoms with Gasteiger partial charge in [0.05, 0.1) is 0 Å². The highest BCUT2D eigenvalue weighted by atomic mass is 16.7. The second kappa shape index (κ2) is 14.5. The van der Waals surface area contributed by atoms with E-state index in [1.54, 1.807) is 0 Å². The Kier molecular flexibility index (Phi) is 13.5. The van der Waals surface area contributed by atoms with Crippen molar-refractivity contribution in [1.82, 2.24) is 0 Å². The summed E-state index contributed by atoms with van der Waals surface area (Å²) in [4.78, 5) is 0. The fraction of sp³-hybridized carbons (Fsp3) is 0. The molecule has 14 heteroatoms. The van der Waals surface area contributed by atoms with Crippen molar-refractivity contribution in [3.05, 3.63) is 60.7 Å². The number of hydrogen-bond donors (Lipinski definition) is 8. The second-order valence-electron chi connectivity index (χ2n) is 4.31. The molecule has 8 N–H and O–H groups in total. The smallest absolute Gasteiger partial charge is 0.403 e. The van der Waals surface area contributed by atoms with Gasteiger partial charge in [-0.3, -0.25) is 0 Å². The van der Waals surface area contributed by atoms with Crippen LogP contribution in [-0.2, 0) is 9.14 Å². The predicted molar refractivity (Wildman–Crippen MR) is 94.8 cm³/mol. The van der Waals surface area contributed by atoms with Crippen molar-refractivity contribution in [2.45, 2.75) is 0 Å². The zero-order valence-electron chi connectivity index (χ0n) is 13.5. The van der Waals surface area contributed by atoms with E-state index < -0.39 is 29.3 Å². The largest absolute Gasteiger partial charge is 0.631 e. The van der Waals surface area contributed by atoms with Crippen molar-refractivity contribution in [3.8, 4) is 11.1 Å². The number of hydrogen-bond acceptors (Lipinski definition) is 10. The molecule has 0 amide bonds. The molecular formula is C12H18B4O10. The van der Waals surface area contributed by atoms with Gasteiger partial charge in [0, 0.05) is 0 Å². The predicted octanol–water partition coefficient (Wildman–Crippen LogP) is -2.76. The Bertz CT molecular complexity index is 510. The summed E-state index contributed by atoms with van der Waals surface area (Å²) in [7, 11) is -8.71. The maximum atomic E-state index is 8.31. The standard InChI is InChI=1S/C12H10.B3H5O7.BH3O3/c1-3-7-11(8-4-1)12-9-5-2-6-10-12;4-1(5)9-3(8)10-2(6)7;2-1(3)4/h1-10H;4-8H;2-4H. The lowest BCUT2D eigenvalue weighted by Crippen LogP contribution is -2.37. The van der Waals surface area contributed by atoms with E-state index in [1.165, 1.54) is 11.1 Å². The average Bonchev–Trinajstić information content (AvgIpc) is 2.55. The Morgan fingerprint density at radius 1 is 0.500 bits per heavy atom. The zero-order valence-corrected chi connectivity index (χ0v) is 13.5. The Morgan fingerprint density at radius 3 is 1.00 bits per heavy atom. The van der Waals surface area contributed by atoms with E-state index in [-0.39, 0.29) is 0 Å². The molecule has 0 saturated carbocycles. The molecule has 0 unspecified atom stereocenters. The first-order valence-corrected chi connectivity index (χ1v) is 7.08. The lowest BCUT2D eigenvalue weighted by molar-refractivity contribution is 0.185. The third-order valence-corrected chi connectivity index (χ3v) is 2.36. The van der Waals surface area contributed by atoms with E-state index >= 15 is 0 Å². The molecule has 0 saturated heterocycles. The van der Waals surface area contributed by atoms with Crippen molar-refractivity contribution >= 4 is 29.3 Å². The minimum Gasteiger partial charge on any atom is -0.403 e. The summed E-state index contributed by atoms with van der Waals surface area (Å²) in [5, 5.41) is 61.7. The first-order chi connectivity index (χ1) is 12.2. The highest BCUT2D eigenvalue weighted by Crippen LogP contribution is 2.17. The van der Waals surface area contributed by atoms with Crippen LogP contribution in [0.15, 0.2) is 60.7 Å². The Morgan fingerprint density at radius 2 is 0.769 bits per heavy atom. The molecule has 2 aromatic carbocycles. The normalized spacial score (nSPS) is 9.08. The van der Waals surface area contributed by atoms with Crippen LogP contribution in [0, 0.1) is 0 Å². The molecule has 0 aliphatic rings. The molecular weight excluding hydrogens is 347 g/mol. The van der Waals surface area contributed by atoms with Crippen molar-refractivity contribution in [2.75, 3.05) is 0 Å². The third-order valence-electron chi connectivity index (χ3n) is 2.36. The topological polar surface area (TPSA) is 180 Å². The molecule has 0 atom stereocenters. The van der Waals surface area contributed by atoms with Crippen LogP contribution in [0.2, 0.25) is 0 Å². The van der Waals surface area contributed by atoms with Crippen LogP contribution in [0.25, 0.3) is 11.1 Å². The van der Waals surface area contributed by atoms with Gasteiger partial charge in [-0.25, -0.2) is 0 Å². The number of rotatable bonds is 5. The fourth-order valence-electron chi connectivity index (χ4n) is 1.50. The summed E-state index contributed by atoms with van der Waals surface area (Å²) in [5.41, 5.74) is 2.55. The fourth-order valence-corrected chi connectivity index (χ4v) is 1.50. The van der Waals surface area contributed by atoms with Crippen LogP contribution in [-0.4, -0.2) is 69.5 Å². The lowest BCUT2D eigenvalue weighted by atomic mass is 10.1. The minimum atomic E-state index is -2.23. The van der Waals surface area contributed by atoms with Gasteiger partial charge in [0.25, 0.3) is 0 Å². The Balaban J connectivity index is 0.000000407. The molecule has 0 aliphatic carbocycles. The van der Waals surface area contributed by atoms with E-state index in [2.05, 4.69) is 57.7 Å². The van der Waals surface area contributed by atoms with Gasteiger partial charge in [0.1, 0.15) is 0 Å². The average molecular weight is 366 g/mol. The summed E-state index contributed by atoms with van der Waals surface area (Å²) in [5.74, 6) is 0. The zero-order chi connectivity index (χ0) is 19.9. The van der Waals surface area contributed by atoms with E-state index in [1.807, 2.05) is 12.1 Å². The highest BCUT2D eigenvalue weighted by molar-refractivity contribution is 6.55. The first kappa shape index (κ1) is 24.3. The Labute approximate surface area is 151 Å².